The smallest absolute Gasteiger partial charge is 0.151 e. The highest BCUT2D eigenvalue weighted by Gasteiger charge is 2.18. The van der Waals surface area contributed by atoms with Crippen molar-refractivity contribution in [3.05, 3.63) is 53.2 Å². The first-order valence-electron chi connectivity index (χ1n) is 6.93. The molecular weight excluding hydrogens is 286 g/mol. The molecule has 0 aliphatic carbocycles. The minimum Gasteiger partial charge on any atom is -0.368 e. The van der Waals surface area contributed by atoms with E-state index in [1.54, 1.807) is 6.07 Å². The summed E-state index contributed by atoms with van der Waals surface area (Å²) in [7, 11) is 0. The SMILES string of the molecule is O=Cc1ccc(N2CCN(c3ccccn3)CC2)cc1Cl. The summed E-state index contributed by atoms with van der Waals surface area (Å²) in [5, 5.41) is 0.509. The van der Waals surface area contributed by atoms with Crippen LogP contribution in [0.5, 0.6) is 0 Å². The Kier molecular flexibility index (Phi) is 4.06. The molecule has 0 N–H and O–H groups in total. The van der Waals surface area contributed by atoms with E-state index in [1.165, 1.54) is 0 Å². The van der Waals surface area contributed by atoms with Crippen LogP contribution in [0.15, 0.2) is 42.6 Å². The van der Waals surface area contributed by atoms with E-state index in [-0.39, 0.29) is 0 Å². The lowest BCUT2D eigenvalue weighted by Crippen LogP contribution is -2.46. The molecule has 2 aromatic rings. The molecule has 5 heteroatoms. The van der Waals surface area contributed by atoms with E-state index in [0.717, 1.165) is 44.0 Å². The zero-order valence-corrected chi connectivity index (χ0v) is 12.3. The number of pyridine rings is 1. The molecule has 21 heavy (non-hydrogen) atoms. The van der Waals surface area contributed by atoms with Crippen molar-refractivity contribution in [1.82, 2.24) is 4.98 Å². The predicted octanol–water partition coefficient (Wildman–Crippen LogP) is 2.87. The highest BCUT2D eigenvalue weighted by molar-refractivity contribution is 6.33. The average Bonchev–Trinajstić information content (AvgIpc) is 2.56. The van der Waals surface area contributed by atoms with Gasteiger partial charge in [-0.25, -0.2) is 4.98 Å². The predicted molar refractivity (Wildman–Crippen MR) is 85.5 cm³/mol. The number of carbonyl (C=O) groups excluding carboxylic acids is 1. The average molecular weight is 302 g/mol. The first-order chi connectivity index (χ1) is 10.3. The quantitative estimate of drug-likeness (QED) is 0.817. The number of aromatic nitrogens is 1. The summed E-state index contributed by atoms with van der Waals surface area (Å²) in [6.07, 6.45) is 2.60. The molecule has 3 rings (SSSR count). The van der Waals surface area contributed by atoms with Gasteiger partial charge in [-0.05, 0) is 30.3 Å². The molecule has 0 radical (unpaired) electrons. The second-order valence-corrected chi connectivity index (χ2v) is 5.39. The summed E-state index contributed by atoms with van der Waals surface area (Å²) in [5.41, 5.74) is 1.60. The summed E-state index contributed by atoms with van der Waals surface area (Å²) in [6.45, 7) is 3.66. The van der Waals surface area contributed by atoms with E-state index in [4.69, 9.17) is 11.6 Å². The highest BCUT2D eigenvalue weighted by Crippen LogP contribution is 2.24. The van der Waals surface area contributed by atoms with Crippen LogP contribution in [0.3, 0.4) is 0 Å². The van der Waals surface area contributed by atoms with Crippen LogP contribution in [0.1, 0.15) is 10.4 Å². The third-order valence-electron chi connectivity index (χ3n) is 3.73. The number of halogens is 1. The topological polar surface area (TPSA) is 36.4 Å². The van der Waals surface area contributed by atoms with Crippen LogP contribution >= 0.6 is 11.6 Å². The Hall–Kier alpha value is -2.07. The molecule has 0 atom stereocenters. The Morgan fingerprint density at radius 3 is 2.43 bits per heavy atom. The molecule has 1 aromatic heterocycles. The number of nitrogens with zero attached hydrogens (tertiary/aromatic N) is 3. The van der Waals surface area contributed by atoms with Gasteiger partial charge in [0.05, 0.1) is 5.02 Å². The van der Waals surface area contributed by atoms with Gasteiger partial charge in [0.2, 0.25) is 0 Å². The molecular formula is C16H16ClN3O. The lowest BCUT2D eigenvalue weighted by atomic mass is 10.2. The van der Waals surface area contributed by atoms with Gasteiger partial charge in [-0.15, -0.1) is 0 Å². The fourth-order valence-electron chi connectivity index (χ4n) is 2.54. The lowest BCUT2D eigenvalue weighted by Gasteiger charge is -2.36. The number of anilines is 2. The maximum atomic E-state index is 10.8. The van der Waals surface area contributed by atoms with Crippen molar-refractivity contribution in [1.29, 1.82) is 0 Å². The number of benzene rings is 1. The van der Waals surface area contributed by atoms with Gasteiger partial charge in [0.1, 0.15) is 5.82 Å². The van der Waals surface area contributed by atoms with Gasteiger partial charge in [0.15, 0.2) is 6.29 Å². The molecule has 1 aliphatic heterocycles. The van der Waals surface area contributed by atoms with Gasteiger partial charge in [-0.1, -0.05) is 17.7 Å². The molecule has 1 fully saturated rings. The third-order valence-corrected chi connectivity index (χ3v) is 4.06. The Morgan fingerprint density at radius 1 is 1.05 bits per heavy atom. The molecule has 0 bridgehead atoms. The van der Waals surface area contributed by atoms with Gasteiger partial charge in [0, 0.05) is 43.6 Å². The van der Waals surface area contributed by atoms with Crippen LogP contribution < -0.4 is 9.80 Å². The molecule has 1 aromatic carbocycles. The van der Waals surface area contributed by atoms with E-state index in [1.807, 2.05) is 36.5 Å². The van der Waals surface area contributed by atoms with Crippen LogP contribution in [0, 0.1) is 0 Å². The van der Waals surface area contributed by atoms with E-state index < -0.39 is 0 Å². The van der Waals surface area contributed by atoms with Crippen molar-refractivity contribution >= 4 is 29.4 Å². The summed E-state index contributed by atoms with van der Waals surface area (Å²) in [5.74, 6) is 1.02. The number of piperazine rings is 1. The third kappa shape index (κ3) is 3.00. The van der Waals surface area contributed by atoms with Crippen molar-refractivity contribution in [3.63, 3.8) is 0 Å². The first kappa shape index (κ1) is 13.9. The van der Waals surface area contributed by atoms with Crippen LogP contribution in [0.2, 0.25) is 5.02 Å². The fraction of sp³-hybridized carbons (Fsp3) is 0.250. The van der Waals surface area contributed by atoms with E-state index in [9.17, 15) is 4.79 Å². The second kappa shape index (κ2) is 6.14. The monoisotopic (exact) mass is 301 g/mol. The number of hydrogen-bond donors (Lipinski definition) is 0. The van der Waals surface area contributed by atoms with Crippen LogP contribution in [-0.4, -0.2) is 37.4 Å². The zero-order chi connectivity index (χ0) is 14.7. The maximum absolute atomic E-state index is 10.8. The molecule has 0 amide bonds. The number of hydrogen-bond acceptors (Lipinski definition) is 4. The largest absolute Gasteiger partial charge is 0.368 e. The van der Waals surface area contributed by atoms with Gasteiger partial charge in [-0.3, -0.25) is 4.79 Å². The summed E-state index contributed by atoms with van der Waals surface area (Å²) in [6, 6.07) is 11.6. The van der Waals surface area contributed by atoms with Crippen LogP contribution in [-0.2, 0) is 0 Å². The normalized spacial score (nSPS) is 15.1. The number of carbonyl (C=O) groups is 1. The zero-order valence-electron chi connectivity index (χ0n) is 11.6. The van der Waals surface area contributed by atoms with Gasteiger partial charge < -0.3 is 9.80 Å². The van der Waals surface area contributed by atoms with Crippen LogP contribution in [0.4, 0.5) is 11.5 Å². The molecule has 0 spiro atoms. The van der Waals surface area contributed by atoms with Crippen molar-refractivity contribution in [2.24, 2.45) is 0 Å². The van der Waals surface area contributed by atoms with Crippen molar-refractivity contribution < 1.29 is 4.79 Å². The number of rotatable bonds is 3. The Balaban J connectivity index is 1.68. The Morgan fingerprint density at radius 2 is 1.81 bits per heavy atom. The second-order valence-electron chi connectivity index (χ2n) is 4.99. The Labute approximate surface area is 129 Å². The first-order valence-corrected chi connectivity index (χ1v) is 7.31. The van der Waals surface area contributed by atoms with E-state index >= 15 is 0 Å². The number of aldehydes is 1. The summed E-state index contributed by atoms with van der Waals surface area (Å²) >= 11 is 6.09. The minimum atomic E-state index is 0.509. The molecule has 2 heterocycles. The van der Waals surface area contributed by atoms with E-state index in [2.05, 4.69) is 14.8 Å². The maximum Gasteiger partial charge on any atom is 0.151 e. The van der Waals surface area contributed by atoms with E-state index in [0.29, 0.717) is 10.6 Å². The van der Waals surface area contributed by atoms with Crippen LogP contribution in [0.25, 0.3) is 0 Å². The molecule has 0 unspecified atom stereocenters. The standard InChI is InChI=1S/C16H16ClN3O/c17-15-11-14(5-4-13(15)12-21)19-7-9-20(10-8-19)16-3-1-2-6-18-16/h1-6,11-12H,7-10H2. The fourth-order valence-corrected chi connectivity index (χ4v) is 2.76. The molecule has 0 saturated carbocycles. The summed E-state index contributed by atoms with van der Waals surface area (Å²) in [4.78, 5) is 19.7. The van der Waals surface area contributed by atoms with Gasteiger partial charge in [-0.2, -0.15) is 0 Å². The van der Waals surface area contributed by atoms with Crippen molar-refractivity contribution in [3.8, 4) is 0 Å². The Bertz CT molecular complexity index is 625. The molecule has 4 nitrogen and oxygen atoms in total. The molecule has 1 saturated heterocycles. The highest BCUT2D eigenvalue weighted by atomic mass is 35.5. The van der Waals surface area contributed by atoms with Gasteiger partial charge >= 0.3 is 0 Å². The molecule has 108 valence electrons. The molecule has 1 aliphatic rings. The lowest BCUT2D eigenvalue weighted by molar-refractivity contribution is 0.112. The summed E-state index contributed by atoms with van der Waals surface area (Å²) < 4.78 is 0. The minimum absolute atomic E-state index is 0.509. The van der Waals surface area contributed by atoms with Crippen molar-refractivity contribution in [2.45, 2.75) is 0 Å². The van der Waals surface area contributed by atoms with Crippen molar-refractivity contribution in [2.75, 3.05) is 36.0 Å². The van der Waals surface area contributed by atoms with Gasteiger partial charge in [0.25, 0.3) is 0 Å².